The number of nitrogens with zero attached hydrogens (tertiary/aromatic N) is 2. The Balaban J connectivity index is 0.830. The molecule has 0 N–H and O–H groups in total. The van der Waals surface area contributed by atoms with E-state index >= 15 is 0 Å². The first-order valence-corrected chi connectivity index (χ1v) is 40.9. The molecule has 4 unspecified atom stereocenters. The Hall–Kier alpha value is -7.78. The van der Waals surface area contributed by atoms with Crippen LogP contribution >= 0.6 is 23.5 Å². The lowest BCUT2D eigenvalue weighted by Gasteiger charge is -2.34. The molecule has 8 heteroatoms. The fourth-order valence-electron chi connectivity index (χ4n) is 13.5. The summed E-state index contributed by atoms with van der Waals surface area (Å²) in [6.45, 7) is 23.2. The van der Waals surface area contributed by atoms with E-state index in [-0.39, 0.29) is 0 Å². The Morgan fingerprint density at radius 3 is 0.696 bits per heavy atom. The van der Waals surface area contributed by atoms with Gasteiger partial charge in [0.2, 0.25) is 0 Å². The molecule has 8 aromatic carbocycles. The lowest BCUT2D eigenvalue weighted by Crippen LogP contribution is -2.23. The summed E-state index contributed by atoms with van der Waals surface area (Å²) in [6, 6.07) is 62.4. The van der Waals surface area contributed by atoms with Crippen molar-refractivity contribution in [2.45, 2.75) is 203 Å². The molecule has 0 spiro atoms. The standard InChI is InChI=1S/C94H116N2O4S2/c1-9-17-25-71(13-5)67-97-83-49-37-75(38-50-83)29-33-79-45-57-87-91(63-79)101-92-64-80(34-30-76-39-51-84(52-40-76)98-68-72(14-6)26-18-10-2)46-58-88(92)95(87)61-23-21-22-24-62-96-89-59-47-81(35-31-77-41-53-85(54-42-77)99-69-73(15-7)27-19-11-3)65-93(89)102-94-66-82(48-60-90(94)96)36-32-78-43-55-86(56-44-78)100-70-74(16-8)28-20-12-4/h29-60,63-66,71-74H,9-28,61-62,67-70H2,1-8H3/b33-29-,34-30+,35-31+,36-32+. The first-order valence-electron chi connectivity index (χ1n) is 39.3. The van der Waals surface area contributed by atoms with Crippen molar-refractivity contribution >= 4 is 94.9 Å². The van der Waals surface area contributed by atoms with E-state index in [0.29, 0.717) is 23.7 Å². The van der Waals surface area contributed by atoms with Crippen LogP contribution in [0.1, 0.15) is 228 Å². The van der Waals surface area contributed by atoms with E-state index in [0.717, 1.165) is 136 Å². The Labute approximate surface area is 623 Å². The molecule has 0 radical (unpaired) electrons. The lowest BCUT2D eigenvalue weighted by molar-refractivity contribution is 0.233. The highest BCUT2D eigenvalue weighted by Crippen LogP contribution is 2.51. The zero-order chi connectivity index (χ0) is 71.1. The second-order valence-corrected chi connectivity index (χ2v) is 30.5. The number of ether oxygens (including phenoxy) is 4. The first kappa shape index (κ1) is 76.8. The third-order valence-corrected chi connectivity index (χ3v) is 22.7. The monoisotopic (exact) mass is 1400 g/mol. The normalized spacial score (nSPS) is 13.9. The van der Waals surface area contributed by atoms with Crippen molar-refractivity contribution in [3.63, 3.8) is 0 Å². The van der Waals surface area contributed by atoms with Gasteiger partial charge in [0.05, 0.1) is 49.2 Å². The largest absolute Gasteiger partial charge is 0.493 e. The van der Waals surface area contributed by atoms with E-state index in [1.54, 1.807) is 0 Å². The Morgan fingerprint density at radius 2 is 0.480 bits per heavy atom. The third-order valence-electron chi connectivity index (χ3n) is 20.6. The molecule has 0 saturated heterocycles. The number of unbranched alkanes of at least 4 members (excludes halogenated alkanes) is 7. The molecule has 0 fully saturated rings. The highest BCUT2D eigenvalue weighted by molar-refractivity contribution is 8.00. The van der Waals surface area contributed by atoms with Crippen molar-refractivity contribution in [3.05, 3.63) is 214 Å². The van der Waals surface area contributed by atoms with Gasteiger partial charge in [-0.3, -0.25) is 0 Å². The van der Waals surface area contributed by atoms with Crippen LogP contribution in [0.3, 0.4) is 0 Å². The van der Waals surface area contributed by atoms with E-state index < -0.39 is 0 Å². The summed E-state index contributed by atoms with van der Waals surface area (Å²) in [5.41, 5.74) is 14.5. The average molecular weight is 1400 g/mol. The Bertz CT molecular complexity index is 3430. The third kappa shape index (κ3) is 23.4. The maximum absolute atomic E-state index is 6.27. The molecule has 4 atom stereocenters. The SMILES string of the molecule is CCCCC(CC)COc1ccc(/C=C\c2ccc3c(c2)Sc2cc(/C=C/c4ccc(OCC(CC)CCCC)cc4)ccc2N3CCCCCCN2c3ccc(/C=C/c4ccc(OCC(CC)CCCC)cc4)cc3Sc3cc(/C=C/c4ccc(OCC(CC)CCCC)cc4)ccc32)cc1. The summed E-state index contributed by atoms with van der Waals surface area (Å²) in [6.07, 6.45) is 41.8. The molecule has 10 rings (SSSR count). The van der Waals surface area contributed by atoms with Gasteiger partial charge in [-0.2, -0.15) is 0 Å². The summed E-state index contributed by atoms with van der Waals surface area (Å²) in [7, 11) is 0. The topological polar surface area (TPSA) is 43.4 Å². The summed E-state index contributed by atoms with van der Waals surface area (Å²) in [5.74, 6) is 6.20. The van der Waals surface area contributed by atoms with Crippen LogP contribution in [0.2, 0.25) is 0 Å². The summed E-state index contributed by atoms with van der Waals surface area (Å²) < 4.78 is 25.1. The summed E-state index contributed by atoms with van der Waals surface area (Å²) in [4.78, 5) is 10.3. The fourth-order valence-corrected chi connectivity index (χ4v) is 15.9. The van der Waals surface area contributed by atoms with Crippen LogP contribution in [0.15, 0.2) is 189 Å². The van der Waals surface area contributed by atoms with Crippen LogP contribution in [-0.2, 0) is 0 Å². The van der Waals surface area contributed by atoms with Gasteiger partial charge in [0, 0.05) is 32.7 Å². The minimum Gasteiger partial charge on any atom is -0.493 e. The number of anilines is 4. The van der Waals surface area contributed by atoms with Crippen LogP contribution < -0.4 is 28.7 Å². The van der Waals surface area contributed by atoms with Crippen molar-refractivity contribution in [3.8, 4) is 23.0 Å². The number of fused-ring (bicyclic) bond motifs is 4. The van der Waals surface area contributed by atoms with Crippen LogP contribution in [0.5, 0.6) is 23.0 Å². The van der Waals surface area contributed by atoms with E-state index in [1.165, 1.54) is 142 Å². The second-order valence-electron chi connectivity index (χ2n) is 28.3. The van der Waals surface area contributed by atoms with E-state index in [1.807, 2.05) is 23.5 Å². The predicted octanol–water partition coefficient (Wildman–Crippen LogP) is 28.2. The van der Waals surface area contributed by atoms with Gasteiger partial charge in [-0.25, -0.2) is 0 Å². The molecule has 0 aromatic heterocycles. The molecule has 0 saturated carbocycles. The van der Waals surface area contributed by atoms with Gasteiger partial charge in [-0.05, 0) is 204 Å². The highest BCUT2D eigenvalue weighted by atomic mass is 32.2. The zero-order valence-electron chi connectivity index (χ0n) is 62.8. The van der Waals surface area contributed by atoms with Gasteiger partial charge in [0.25, 0.3) is 0 Å². The van der Waals surface area contributed by atoms with Crippen molar-refractivity contribution in [1.29, 1.82) is 0 Å². The molecule has 538 valence electrons. The van der Waals surface area contributed by atoms with Crippen LogP contribution in [0, 0.1) is 23.7 Å². The Kier molecular flexibility index (Phi) is 31.3. The van der Waals surface area contributed by atoms with E-state index in [9.17, 15) is 0 Å². The first-order chi connectivity index (χ1) is 50.1. The number of hydrogen-bond donors (Lipinski definition) is 0. The minimum atomic E-state index is 0.604. The van der Waals surface area contributed by atoms with Gasteiger partial charge in [0.1, 0.15) is 23.0 Å². The van der Waals surface area contributed by atoms with Crippen molar-refractivity contribution in [1.82, 2.24) is 0 Å². The van der Waals surface area contributed by atoms with Crippen LogP contribution in [-0.4, -0.2) is 39.5 Å². The highest BCUT2D eigenvalue weighted by Gasteiger charge is 2.26. The maximum Gasteiger partial charge on any atom is 0.119 e. The molecule has 0 aliphatic carbocycles. The molecule has 0 amide bonds. The van der Waals surface area contributed by atoms with Crippen molar-refractivity contribution in [2.24, 2.45) is 23.7 Å². The molecule has 6 nitrogen and oxygen atoms in total. The van der Waals surface area contributed by atoms with E-state index in [4.69, 9.17) is 18.9 Å². The summed E-state index contributed by atoms with van der Waals surface area (Å²) in [5, 5.41) is 0. The molecule has 2 aliphatic heterocycles. The zero-order valence-corrected chi connectivity index (χ0v) is 64.5. The number of benzene rings is 8. The molecule has 2 aliphatic rings. The fraction of sp³-hybridized carbons (Fsp3) is 0.404. The van der Waals surface area contributed by atoms with Crippen LogP contribution in [0.25, 0.3) is 48.6 Å². The average Bonchev–Trinajstić information content (AvgIpc) is 0.774. The van der Waals surface area contributed by atoms with Gasteiger partial charge in [0.15, 0.2) is 0 Å². The number of rotatable bonds is 43. The predicted molar refractivity (Wildman–Crippen MR) is 443 cm³/mol. The molecular formula is C94H116N2O4S2. The van der Waals surface area contributed by atoms with Crippen molar-refractivity contribution in [2.75, 3.05) is 49.3 Å². The molecule has 8 aromatic rings. The molecule has 102 heavy (non-hydrogen) atoms. The van der Waals surface area contributed by atoms with Gasteiger partial charge in [-0.15, -0.1) is 0 Å². The van der Waals surface area contributed by atoms with Crippen LogP contribution in [0.4, 0.5) is 22.7 Å². The Morgan fingerprint density at radius 1 is 0.265 bits per heavy atom. The molecule has 2 heterocycles. The van der Waals surface area contributed by atoms with Gasteiger partial charge in [-0.1, -0.05) is 290 Å². The minimum absolute atomic E-state index is 0.604. The summed E-state index contributed by atoms with van der Waals surface area (Å²) >= 11 is 3.78. The number of hydrogen-bond acceptors (Lipinski definition) is 8. The molecule has 0 bridgehead atoms. The second kappa shape index (κ2) is 41.5. The smallest absolute Gasteiger partial charge is 0.119 e. The lowest BCUT2D eigenvalue weighted by atomic mass is 10.0. The maximum atomic E-state index is 6.27. The van der Waals surface area contributed by atoms with Crippen molar-refractivity contribution < 1.29 is 18.9 Å². The van der Waals surface area contributed by atoms with Gasteiger partial charge < -0.3 is 28.7 Å². The molecular weight excluding hydrogens is 1290 g/mol. The quantitative estimate of drug-likeness (QED) is 0.0277. The van der Waals surface area contributed by atoms with Gasteiger partial charge >= 0.3 is 0 Å². The van der Waals surface area contributed by atoms with E-state index in [2.05, 4.69) is 284 Å².